The highest BCUT2D eigenvalue weighted by molar-refractivity contribution is 6.04. The molecule has 18 heavy (non-hydrogen) atoms. The lowest BCUT2D eigenvalue weighted by molar-refractivity contribution is -0.148. The summed E-state index contributed by atoms with van der Waals surface area (Å²) in [5.74, 6) is -1.25. The number of hydrogen-bond donors (Lipinski definition) is 0. The smallest absolute Gasteiger partial charge is 0.316 e. The maximum absolute atomic E-state index is 11.9. The lowest BCUT2D eigenvalue weighted by Crippen LogP contribution is -2.24. The van der Waals surface area contributed by atoms with Crippen LogP contribution in [0.25, 0.3) is 0 Å². The zero-order valence-corrected chi connectivity index (χ0v) is 11.9. The molecule has 0 aliphatic rings. The second-order valence-corrected chi connectivity index (χ2v) is 4.61. The van der Waals surface area contributed by atoms with Crippen LogP contribution in [-0.4, -0.2) is 37.9 Å². The summed E-state index contributed by atoms with van der Waals surface area (Å²) >= 11 is 0. The van der Waals surface area contributed by atoms with Crippen molar-refractivity contribution in [2.45, 2.75) is 39.0 Å². The van der Waals surface area contributed by atoms with E-state index in [1.54, 1.807) is 11.1 Å². The van der Waals surface area contributed by atoms with Crippen LogP contribution in [0.15, 0.2) is 12.3 Å². The monoisotopic (exact) mass is 255 g/mol. The highest BCUT2D eigenvalue weighted by atomic mass is 16.5. The van der Waals surface area contributed by atoms with Crippen LogP contribution in [0.5, 0.6) is 0 Å². The molecule has 0 aromatic carbocycles. The van der Waals surface area contributed by atoms with Crippen LogP contribution in [0.1, 0.15) is 39.0 Å². The van der Waals surface area contributed by atoms with Gasteiger partial charge in [0.25, 0.3) is 0 Å². The predicted octanol–water partition coefficient (Wildman–Crippen LogP) is 2.39. The standard InChI is InChI=1S/C14H25NO3/c1-5-6-7-8-9-12(14(17)18-4)13(16)10-11-15(2)3/h10-12H,5-9H2,1-4H3. The highest BCUT2D eigenvalue weighted by Crippen LogP contribution is 2.14. The fourth-order valence-electron chi connectivity index (χ4n) is 1.63. The van der Waals surface area contributed by atoms with Crippen LogP contribution < -0.4 is 0 Å². The number of hydrogen-bond acceptors (Lipinski definition) is 4. The molecule has 0 rings (SSSR count). The van der Waals surface area contributed by atoms with E-state index in [2.05, 4.69) is 6.92 Å². The van der Waals surface area contributed by atoms with Gasteiger partial charge in [0, 0.05) is 20.3 Å². The lowest BCUT2D eigenvalue weighted by atomic mass is 9.96. The fraction of sp³-hybridized carbons (Fsp3) is 0.714. The van der Waals surface area contributed by atoms with E-state index in [-0.39, 0.29) is 5.78 Å². The predicted molar refractivity (Wildman–Crippen MR) is 72.1 cm³/mol. The zero-order chi connectivity index (χ0) is 14.0. The SMILES string of the molecule is CCCCCCC(C(=O)C=CN(C)C)C(=O)OC. The van der Waals surface area contributed by atoms with Crippen molar-refractivity contribution < 1.29 is 14.3 Å². The first-order chi connectivity index (χ1) is 8.52. The molecule has 0 saturated carbocycles. The van der Waals surface area contributed by atoms with Crippen molar-refractivity contribution in [2.24, 2.45) is 5.92 Å². The van der Waals surface area contributed by atoms with Crippen molar-refractivity contribution in [2.75, 3.05) is 21.2 Å². The Labute approximate surface area is 110 Å². The average molecular weight is 255 g/mol. The van der Waals surface area contributed by atoms with Gasteiger partial charge in [-0.25, -0.2) is 0 Å². The van der Waals surface area contributed by atoms with E-state index in [4.69, 9.17) is 4.74 Å². The molecule has 0 aliphatic carbocycles. The van der Waals surface area contributed by atoms with Gasteiger partial charge in [0.15, 0.2) is 5.78 Å². The van der Waals surface area contributed by atoms with E-state index in [0.29, 0.717) is 6.42 Å². The fourth-order valence-corrected chi connectivity index (χ4v) is 1.63. The van der Waals surface area contributed by atoms with Gasteiger partial charge in [-0.3, -0.25) is 9.59 Å². The van der Waals surface area contributed by atoms with E-state index in [1.807, 2.05) is 14.1 Å². The van der Waals surface area contributed by atoms with Crippen LogP contribution >= 0.6 is 0 Å². The number of unbranched alkanes of at least 4 members (excludes halogenated alkanes) is 3. The van der Waals surface area contributed by atoms with Gasteiger partial charge in [-0.1, -0.05) is 32.6 Å². The Hall–Kier alpha value is -1.32. The highest BCUT2D eigenvalue weighted by Gasteiger charge is 2.24. The molecule has 0 radical (unpaired) electrons. The second kappa shape index (κ2) is 9.68. The summed E-state index contributed by atoms with van der Waals surface area (Å²) in [6.07, 6.45) is 7.88. The van der Waals surface area contributed by atoms with Gasteiger partial charge in [-0.05, 0) is 12.5 Å². The number of nitrogens with zero attached hydrogens (tertiary/aromatic N) is 1. The third-order valence-electron chi connectivity index (χ3n) is 2.71. The zero-order valence-electron chi connectivity index (χ0n) is 11.9. The molecule has 0 aromatic rings. The van der Waals surface area contributed by atoms with Crippen molar-refractivity contribution >= 4 is 11.8 Å². The minimum atomic E-state index is -0.650. The average Bonchev–Trinajstić information content (AvgIpc) is 2.35. The minimum Gasteiger partial charge on any atom is -0.468 e. The van der Waals surface area contributed by atoms with Crippen molar-refractivity contribution in [1.82, 2.24) is 4.90 Å². The Balaban J connectivity index is 4.39. The molecule has 4 heteroatoms. The summed E-state index contributed by atoms with van der Waals surface area (Å²) in [6, 6.07) is 0. The number of carbonyl (C=O) groups is 2. The third kappa shape index (κ3) is 7.09. The second-order valence-electron chi connectivity index (χ2n) is 4.61. The number of rotatable bonds is 9. The number of carbonyl (C=O) groups excluding carboxylic acids is 2. The normalized spacial score (nSPS) is 12.4. The molecule has 0 spiro atoms. The summed E-state index contributed by atoms with van der Waals surface area (Å²) in [7, 11) is 4.99. The van der Waals surface area contributed by atoms with Crippen molar-refractivity contribution in [1.29, 1.82) is 0 Å². The largest absolute Gasteiger partial charge is 0.468 e. The lowest BCUT2D eigenvalue weighted by Gasteiger charge is -2.12. The van der Waals surface area contributed by atoms with Crippen molar-refractivity contribution in [3.05, 3.63) is 12.3 Å². The van der Waals surface area contributed by atoms with Crippen LogP contribution in [0.2, 0.25) is 0 Å². The molecular formula is C14H25NO3. The molecule has 0 amide bonds. The van der Waals surface area contributed by atoms with E-state index in [1.165, 1.54) is 13.2 Å². The van der Waals surface area contributed by atoms with Crippen LogP contribution in [-0.2, 0) is 14.3 Å². The van der Waals surface area contributed by atoms with Crippen LogP contribution in [0.3, 0.4) is 0 Å². The third-order valence-corrected chi connectivity index (χ3v) is 2.71. The van der Waals surface area contributed by atoms with Gasteiger partial charge in [0.2, 0.25) is 0 Å². The number of ketones is 1. The number of methoxy groups -OCH3 is 1. The first-order valence-electron chi connectivity index (χ1n) is 6.49. The molecule has 4 nitrogen and oxygen atoms in total. The molecule has 1 unspecified atom stereocenters. The van der Waals surface area contributed by atoms with Crippen molar-refractivity contribution in [3.8, 4) is 0 Å². The number of allylic oxidation sites excluding steroid dienone is 1. The van der Waals surface area contributed by atoms with Gasteiger partial charge in [0.1, 0.15) is 5.92 Å². The molecule has 0 saturated heterocycles. The van der Waals surface area contributed by atoms with E-state index < -0.39 is 11.9 Å². The summed E-state index contributed by atoms with van der Waals surface area (Å²) in [4.78, 5) is 25.2. The van der Waals surface area contributed by atoms with Gasteiger partial charge >= 0.3 is 5.97 Å². The Morgan fingerprint density at radius 1 is 1.22 bits per heavy atom. The van der Waals surface area contributed by atoms with Crippen LogP contribution in [0, 0.1) is 5.92 Å². The molecule has 0 bridgehead atoms. The molecule has 104 valence electrons. The van der Waals surface area contributed by atoms with Crippen LogP contribution in [0.4, 0.5) is 0 Å². The summed E-state index contributed by atoms with van der Waals surface area (Å²) < 4.78 is 4.69. The first kappa shape index (κ1) is 16.7. The topological polar surface area (TPSA) is 46.6 Å². The molecule has 0 fully saturated rings. The quantitative estimate of drug-likeness (QED) is 0.275. The van der Waals surface area contributed by atoms with E-state index in [0.717, 1.165) is 25.7 Å². The Bertz CT molecular complexity index is 285. The summed E-state index contributed by atoms with van der Waals surface area (Å²) in [6.45, 7) is 2.13. The molecular weight excluding hydrogens is 230 g/mol. The van der Waals surface area contributed by atoms with Gasteiger partial charge in [-0.2, -0.15) is 0 Å². The van der Waals surface area contributed by atoms with E-state index in [9.17, 15) is 9.59 Å². The molecule has 0 heterocycles. The Morgan fingerprint density at radius 3 is 2.39 bits per heavy atom. The maximum atomic E-state index is 11.9. The number of esters is 1. The van der Waals surface area contributed by atoms with Gasteiger partial charge < -0.3 is 9.64 Å². The molecule has 0 aliphatic heterocycles. The number of ether oxygens (including phenoxy) is 1. The Kier molecular flexibility index (Phi) is 8.97. The minimum absolute atomic E-state index is 0.174. The maximum Gasteiger partial charge on any atom is 0.316 e. The van der Waals surface area contributed by atoms with Crippen molar-refractivity contribution in [3.63, 3.8) is 0 Å². The molecule has 1 atom stereocenters. The summed E-state index contributed by atoms with van der Waals surface area (Å²) in [5, 5.41) is 0. The molecule has 0 aromatic heterocycles. The Morgan fingerprint density at radius 2 is 1.89 bits per heavy atom. The molecule has 0 N–H and O–H groups in total. The summed E-state index contributed by atoms with van der Waals surface area (Å²) in [5.41, 5.74) is 0. The van der Waals surface area contributed by atoms with Gasteiger partial charge in [0.05, 0.1) is 7.11 Å². The first-order valence-corrected chi connectivity index (χ1v) is 6.49. The van der Waals surface area contributed by atoms with Gasteiger partial charge in [-0.15, -0.1) is 0 Å². The van der Waals surface area contributed by atoms with E-state index >= 15 is 0 Å².